The Kier molecular flexibility index (Phi) is 5.26. The van der Waals surface area contributed by atoms with Crippen LogP contribution in [0.4, 0.5) is 0 Å². The fourth-order valence-corrected chi connectivity index (χ4v) is 1.85. The van der Waals surface area contributed by atoms with Crippen LogP contribution in [0.5, 0.6) is 0 Å². The molecule has 0 aliphatic heterocycles. The molecule has 1 aromatic heterocycles. The molecule has 1 N–H and O–H groups in total. The predicted molar refractivity (Wildman–Crippen MR) is 79.3 cm³/mol. The van der Waals surface area contributed by atoms with Crippen molar-refractivity contribution in [3.05, 3.63) is 35.7 Å². The first kappa shape index (κ1) is 14.7. The molecule has 0 aliphatic carbocycles. The molecule has 0 amide bonds. The van der Waals surface area contributed by atoms with Gasteiger partial charge in [-0.1, -0.05) is 17.7 Å². The molecular weight excluding hydrogens is 252 g/mol. The number of hydrogen-bond donors (Lipinski definition) is 1. The van der Waals surface area contributed by atoms with Gasteiger partial charge >= 0.3 is 0 Å². The lowest BCUT2D eigenvalue weighted by atomic mass is 10.1. The maximum atomic E-state index is 5.64. The molecule has 0 aliphatic rings. The molecular formula is C15H22N4O. The third-order valence-electron chi connectivity index (χ3n) is 3.00. The summed E-state index contributed by atoms with van der Waals surface area (Å²) in [6, 6.07) is 8.08. The van der Waals surface area contributed by atoms with Gasteiger partial charge in [-0.3, -0.25) is 0 Å². The summed E-state index contributed by atoms with van der Waals surface area (Å²) in [4.78, 5) is 2.17. The maximum Gasteiger partial charge on any atom is 0.247 e. The van der Waals surface area contributed by atoms with Gasteiger partial charge in [-0.2, -0.15) is 0 Å². The highest BCUT2D eigenvalue weighted by Gasteiger charge is 2.07. The van der Waals surface area contributed by atoms with Gasteiger partial charge in [0.2, 0.25) is 11.8 Å². The lowest BCUT2D eigenvalue weighted by molar-refractivity contribution is 0.390. The summed E-state index contributed by atoms with van der Waals surface area (Å²) in [5.41, 5.74) is 2.18. The monoisotopic (exact) mass is 274 g/mol. The van der Waals surface area contributed by atoms with Gasteiger partial charge in [-0.25, -0.2) is 0 Å². The first-order valence-electron chi connectivity index (χ1n) is 6.90. The van der Waals surface area contributed by atoms with Gasteiger partial charge in [0, 0.05) is 5.56 Å². The molecule has 2 aromatic rings. The van der Waals surface area contributed by atoms with E-state index in [-0.39, 0.29) is 0 Å². The predicted octanol–water partition coefficient (Wildman–Crippen LogP) is 2.09. The molecule has 2 rings (SSSR count). The van der Waals surface area contributed by atoms with Gasteiger partial charge in [0.05, 0.1) is 6.54 Å². The van der Waals surface area contributed by atoms with E-state index in [0.717, 1.165) is 25.1 Å². The Morgan fingerprint density at radius 2 is 1.90 bits per heavy atom. The number of benzene rings is 1. The third kappa shape index (κ3) is 4.43. The van der Waals surface area contributed by atoms with Crippen molar-refractivity contribution in [3.63, 3.8) is 0 Å². The van der Waals surface area contributed by atoms with E-state index >= 15 is 0 Å². The summed E-state index contributed by atoms with van der Waals surface area (Å²) in [6.45, 7) is 4.69. The lowest BCUT2D eigenvalue weighted by Crippen LogP contribution is -2.21. The molecule has 5 nitrogen and oxygen atoms in total. The molecule has 0 atom stereocenters. The normalized spacial score (nSPS) is 11.2. The minimum Gasteiger partial charge on any atom is -0.419 e. The summed E-state index contributed by atoms with van der Waals surface area (Å²) in [5.74, 6) is 1.21. The van der Waals surface area contributed by atoms with E-state index in [1.807, 2.05) is 24.3 Å². The molecule has 0 bridgehead atoms. The Morgan fingerprint density at radius 3 is 2.60 bits per heavy atom. The molecule has 0 fully saturated rings. The number of nitrogens with one attached hydrogen (secondary N) is 1. The zero-order valence-electron chi connectivity index (χ0n) is 12.4. The smallest absolute Gasteiger partial charge is 0.247 e. The fraction of sp³-hybridized carbons (Fsp3) is 0.467. The van der Waals surface area contributed by atoms with Gasteiger partial charge in [0.1, 0.15) is 0 Å². The van der Waals surface area contributed by atoms with Gasteiger partial charge < -0.3 is 14.6 Å². The van der Waals surface area contributed by atoms with E-state index in [2.05, 4.69) is 41.4 Å². The van der Waals surface area contributed by atoms with Crippen molar-refractivity contribution in [3.8, 4) is 11.5 Å². The molecule has 0 unspecified atom stereocenters. The number of rotatable bonds is 7. The van der Waals surface area contributed by atoms with Crippen LogP contribution < -0.4 is 5.32 Å². The molecule has 5 heteroatoms. The highest BCUT2D eigenvalue weighted by Crippen LogP contribution is 2.17. The highest BCUT2D eigenvalue weighted by molar-refractivity contribution is 5.52. The van der Waals surface area contributed by atoms with Crippen LogP contribution >= 0.6 is 0 Å². The number of hydrogen-bond acceptors (Lipinski definition) is 5. The van der Waals surface area contributed by atoms with Crippen LogP contribution in [-0.4, -0.2) is 42.3 Å². The third-order valence-corrected chi connectivity index (χ3v) is 3.00. The first-order valence-corrected chi connectivity index (χ1v) is 6.90. The maximum absolute atomic E-state index is 5.64. The minimum absolute atomic E-state index is 0.579. The SMILES string of the molecule is Cc1ccc(-c2nnc(CNCCCN(C)C)o2)cc1. The van der Waals surface area contributed by atoms with Crippen molar-refractivity contribution in [2.75, 3.05) is 27.2 Å². The quantitative estimate of drug-likeness (QED) is 0.783. The number of aromatic nitrogens is 2. The largest absolute Gasteiger partial charge is 0.419 e. The van der Waals surface area contributed by atoms with Crippen molar-refractivity contribution < 1.29 is 4.42 Å². The minimum atomic E-state index is 0.579. The van der Waals surface area contributed by atoms with Gasteiger partial charge in [-0.05, 0) is 52.7 Å². The van der Waals surface area contributed by atoms with E-state index in [1.165, 1.54) is 5.56 Å². The van der Waals surface area contributed by atoms with Crippen LogP contribution in [-0.2, 0) is 6.54 Å². The topological polar surface area (TPSA) is 54.2 Å². The molecule has 0 saturated carbocycles. The van der Waals surface area contributed by atoms with Crippen LogP contribution in [0.2, 0.25) is 0 Å². The molecule has 108 valence electrons. The van der Waals surface area contributed by atoms with Gasteiger partial charge in [0.15, 0.2) is 0 Å². The Morgan fingerprint density at radius 1 is 1.15 bits per heavy atom. The zero-order chi connectivity index (χ0) is 14.4. The van der Waals surface area contributed by atoms with Crippen molar-refractivity contribution >= 4 is 0 Å². The Balaban J connectivity index is 1.82. The Labute approximate surface area is 120 Å². The summed E-state index contributed by atoms with van der Waals surface area (Å²) < 4.78 is 5.64. The average molecular weight is 274 g/mol. The number of nitrogens with zero attached hydrogens (tertiary/aromatic N) is 3. The van der Waals surface area contributed by atoms with Crippen molar-refractivity contribution in [1.82, 2.24) is 20.4 Å². The van der Waals surface area contributed by atoms with E-state index in [0.29, 0.717) is 18.3 Å². The second kappa shape index (κ2) is 7.17. The van der Waals surface area contributed by atoms with Gasteiger partial charge in [-0.15, -0.1) is 10.2 Å². The van der Waals surface area contributed by atoms with E-state index in [4.69, 9.17) is 4.42 Å². The Hall–Kier alpha value is -1.72. The molecule has 0 radical (unpaired) electrons. The fourth-order valence-electron chi connectivity index (χ4n) is 1.85. The zero-order valence-corrected chi connectivity index (χ0v) is 12.4. The van der Waals surface area contributed by atoms with E-state index < -0.39 is 0 Å². The number of aryl methyl sites for hydroxylation is 1. The average Bonchev–Trinajstić information content (AvgIpc) is 2.87. The van der Waals surface area contributed by atoms with Crippen LogP contribution in [0.1, 0.15) is 17.9 Å². The van der Waals surface area contributed by atoms with Crippen molar-refractivity contribution in [1.29, 1.82) is 0 Å². The summed E-state index contributed by atoms with van der Waals surface area (Å²) in [7, 11) is 4.15. The van der Waals surface area contributed by atoms with Crippen molar-refractivity contribution in [2.45, 2.75) is 19.9 Å². The van der Waals surface area contributed by atoms with Gasteiger partial charge in [0.25, 0.3) is 0 Å². The second-order valence-corrected chi connectivity index (χ2v) is 5.20. The molecule has 0 saturated heterocycles. The first-order chi connectivity index (χ1) is 9.65. The van der Waals surface area contributed by atoms with E-state index in [1.54, 1.807) is 0 Å². The molecule has 1 aromatic carbocycles. The lowest BCUT2D eigenvalue weighted by Gasteiger charge is -2.08. The molecule has 0 spiro atoms. The summed E-state index contributed by atoms with van der Waals surface area (Å²) in [6.07, 6.45) is 1.10. The Bertz CT molecular complexity index is 519. The summed E-state index contributed by atoms with van der Waals surface area (Å²) in [5, 5.41) is 11.4. The standard InChI is InChI=1S/C15H22N4O/c1-12-5-7-13(8-6-12)15-18-17-14(20-15)11-16-9-4-10-19(2)3/h5-8,16H,4,9-11H2,1-3H3. The molecule has 20 heavy (non-hydrogen) atoms. The van der Waals surface area contributed by atoms with Crippen LogP contribution in [0, 0.1) is 6.92 Å². The van der Waals surface area contributed by atoms with Crippen molar-refractivity contribution in [2.24, 2.45) is 0 Å². The van der Waals surface area contributed by atoms with Crippen LogP contribution in [0.25, 0.3) is 11.5 Å². The highest BCUT2D eigenvalue weighted by atomic mass is 16.4. The second-order valence-electron chi connectivity index (χ2n) is 5.20. The molecule has 1 heterocycles. The summed E-state index contributed by atoms with van der Waals surface area (Å²) >= 11 is 0. The van der Waals surface area contributed by atoms with Crippen LogP contribution in [0.3, 0.4) is 0 Å². The van der Waals surface area contributed by atoms with Crippen LogP contribution in [0.15, 0.2) is 28.7 Å². The van der Waals surface area contributed by atoms with E-state index in [9.17, 15) is 0 Å².